The van der Waals surface area contributed by atoms with Crippen LogP contribution in [0.5, 0.6) is 0 Å². The van der Waals surface area contributed by atoms with Gasteiger partial charge < -0.3 is 0 Å². The van der Waals surface area contributed by atoms with Crippen LogP contribution in [-0.4, -0.2) is 0 Å². The fourth-order valence-corrected chi connectivity index (χ4v) is 2.73. The van der Waals surface area contributed by atoms with Crippen molar-refractivity contribution in [1.29, 1.82) is 0 Å². The third kappa shape index (κ3) is 15.7. The zero-order valence-electron chi connectivity index (χ0n) is 25.3. The maximum absolute atomic E-state index is 3.32. The van der Waals surface area contributed by atoms with Crippen molar-refractivity contribution in [1.82, 2.24) is 0 Å². The molecule has 0 bridgehead atoms. The van der Waals surface area contributed by atoms with Crippen molar-refractivity contribution in [2.45, 2.75) is 132 Å². The number of hydrogen-bond donors (Lipinski definition) is 0. The van der Waals surface area contributed by atoms with Gasteiger partial charge in [0.15, 0.2) is 0 Å². The van der Waals surface area contributed by atoms with Crippen molar-refractivity contribution in [2.75, 3.05) is 0 Å². The van der Waals surface area contributed by atoms with Gasteiger partial charge in [0.1, 0.15) is 0 Å². The molecule has 0 aromatic heterocycles. The molecular weight excluding hydrogens is 752 g/mol. The Bertz CT molecular complexity index is 635. The van der Waals surface area contributed by atoms with Gasteiger partial charge in [-0.25, -0.2) is 0 Å². The summed E-state index contributed by atoms with van der Waals surface area (Å²) in [5.74, 6) is 0. The third-order valence-corrected chi connectivity index (χ3v) is 4.95. The molecule has 0 aliphatic carbocycles. The maximum Gasteiger partial charge on any atom is 0 e. The molecule has 0 radical (unpaired) electrons. The minimum atomic E-state index is 0. The molecule has 0 aliphatic heterocycles. The minimum absolute atomic E-state index is 0. The van der Waals surface area contributed by atoms with Crippen molar-refractivity contribution >= 4 is 0 Å². The molecule has 196 valence electrons. The summed E-state index contributed by atoms with van der Waals surface area (Å²) in [7, 11) is 0. The van der Waals surface area contributed by atoms with E-state index in [4.69, 9.17) is 0 Å². The zero-order chi connectivity index (χ0) is 26.0. The molecule has 0 unspecified atom stereocenters. The maximum atomic E-state index is 3.32. The first kappa shape index (κ1) is 41.0. The van der Waals surface area contributed by atoms with E-state index in [1.54, 1.807) is 0 Å². The molecular formula is C32H54W2-2. The van der Waals surface area contributed by atoms with Gasteiger partial charge >= 0.3 is 0 Å². The number of benzene rings is 2. The first-order valence-corrected chi connectivity index (χ1v) is 12.5. The van der Waals surface area contributed by atoms with Crippen LogP contribution in [0.4, 0.5) is 0 Å². The summed E-state index contributed by atoms with van der Waals surface area (Å²) in [5, 5.41) is 0. The van der Waals surface area contributed by atoms with Gasteiger partial charge in [-0.1, -0.05) is 111 Å². The van der Waals surface area contributed by atoms with Gasteiger partial charge in [0.2, 0.25) is 0 Å². The van der Waals surface area contributed by atoms with Crippen LogP contribution in [-0.2, 0) is 63.8 Å². The number of rotatable bonds is 0. The van der Waals surface area contributed by atoms with Gasteiger partial charge in [-0.05, 0) is 21.7 Å². The van der Waals surface area contributed by atoms with E-state index in [0.717, 1.165) is 0 Å². The Morgan fingerprint density at radius 3 is 0.853 bits per heavy atom. The fourth-order valence-electron chi connectivity index (χ4n) is 2.73. The second-order valence-electron chi connectivity index (χ2n) is 12.0. The van der Waals surface area contributed by atoms with Crippen LogP contribution < -0.4 is 0 Å². The van der Waals surface area contributed by atoms with Gasteiger partial charge in [-0.2, -0.15) is 70.8 Å². The van der Waals surface area contributed by atoms with E-state index in [9.17, 15) is 0 Å². The molecule has 0 aliphatic rings. The predicted molar refractivity (Wildman–Crippen MR) is 148 cm³/mol. The summed E-state index contributed by atoms with van der Waals surface area (Å²) < 4.78 is 0. The van der Waals surface area contributed by atoms with Gasteiger partial charge in [0, 0.05) is 42.1 Å². The summed E-state index contributed by atoms with van der Waals surface area (Å²) in [5.41, 5.74) is 6.23. The van der Waals surface area contributed by atoms with E-state index in [2.05, 4.69) is 119 Å². The van der Waals surface area contributed by atoms with Crippen molar-refractivity contribution in [3.63, 3.8) is 0 Å². The van der Waals surface area contributed by atoms with Crippen LogP contribution in [0.2, 0.25) is 0 Å². The molecule has 2 heteroatoms. The summed E-state index contributed by atoms with van der Waals surface area (Å²) in [6.45, 7) is 34.8. The second-order valence-corrected chi connectivity index (χ2v) is 12.0. The quantitative estimate of drug-likeness (QED) is 0.233. The summed E-state index contributed by atoms with van der Waals surface area (Å²) in [4.78, 5) is 0. The molecule has 34 heavy (non-hydrogen) atoms. The molecule has 0 nitrogen and oxygen atoms in total. The Balaban J connectivity index is -0.000000219. The predicted octanol–water partition coefficient (Wildman–Crippen LogP) is 10.2. The first-order chi connectivity index (χ1) is 14.4. The van der Waals surface area contributed by atoms with E-state index < -0.39 is 0 Å². The van der Waals surface area contributed by atoms with Gasteiger partial charge in [-0.3, -0.25) is 0 Å². The Labute approximate surface area is 244 Å². The van der Waals surface area contributed by atoms with Gasteiger partial charge in [-0.15, -0.1) is 0 Å². The van der Waals surface area contributed by atoms with Crippen molar-refractivity contribution in [3.8, 4) is 0 Å². The molecule has 0 fully saturated rings. The molecule has 2 aromatic rings. The van der Waals surface area contributed by atoms with E-state index in [1.807, 2.05) is 39.8 Å². The van der Waals surface area contributed by atoms with E-state index >= 15 is 0 Å². The molecule has 0 saturated carbocycles. The average molecular weight is 806 g/mol. The summed E-state index contributed by atoms with van der Waals surface area (Å²) in [6, 6.07) is 19.6. The van der Waals surface area contributed by atoms with E-state index in [1.165, 1.54) is 22.3 Å². The summed E-state index contributed by atoms with van der Waals surface area (Å²) in [6.07, 6.45) is 0. The molecule has 0 spiro atoms. The molecule has 2 rings (SSSR count). The molecule has 2 aromatic carbocycles. The van der Waals surface area contributed by atoms with E-state index in [0.29, 0.717) is 0 Å². The normalized spacial score (nSPS) is 11.1. The molecule has 0 amide bonds. The minimum Gasteiger partial charge on any atom is -0.180 e. The Morgan fingerprint density at radius 1 is 0.441 bits per heavy atom. The van der Waals surface area contributed by atoms with Gasteiger partial charge in [0.25, 0.3) is 0 Å². The smallest absolute Gasteiger partial charge is 0 e. The Hall–Kier alpha value is -0.183. The van der Waals surface area contributed by atoms with Crippen molar-refractivity contribution in [2.24, 2.45) is 0 Å². The standard InChI is InChI=1S/2C14H21.2C2H6.2W/c2*1-13(2,3)11-8-7-9-12(10-11)14(4,5)6;2*1-2;;/h2*7-8,10H,1-6H3;2*1-2H3;;/q2*-1;;;;. The molecule has 0 saturated heterocycles. The van der Waals surface area contributed by atoms with Crippen LogP contribution in [0.1, 0.15) is 133 Å². The van der Waals surface area contributed by atoms with Crippen molar-refractivity contribution in [3.05, 3.63) is 70.8 Å². The second kappa shape index (κ2) is 17.3. The van der Waals surface area contributed by atoms with E-state index in [-0.39, 0.29) is 63.8 Å². The zero-order valence-corrected chi connectivity index (χ0v) is 31.1. The largest absolute Gasteiger partial charge is 0.180 e. The number of hydrogen-bond acceptors (Lipinski definition) is 0. The molecule has 0 N–H and O–H groups in total. The summed E-state index contributed by atoms with van der Waals surface area (Å²) >= 11 is 0. The fraction of sp³-hybridized carbons (Fsp3) is 0.625. The van der Waals surface area contributed by atoms with Crippen molar-refractivity contribution < 1.29 is 42.1 Å². The molecule has 0 heterocycles. The van der Waals surface area contributed by atoms with Crippen LogP contribution in [0.25, 0.3) is 0 Å². The Morgan fingerprint density at radius 2 is 0.676 bits per heavy atom. The van der Waals surface area contributed by atoms with Crippen LogP contribution in [0.3, 0.4) is 0 Å². The SMILES string of the molecule is CC.CC.CC(C)(C)c1[c-]ccc(C(C)(C)C)c1.CC(C)(C)c1[c-]ccc(C(C)(C)C)c1.[W].[W]. The van der Waals surface area contributed by atoms with Gasteiger partial charge in [0.05, 0.1) is 0 Å². The van der Waals surface area contributed by atoms with Crippen LogP contribution in [0, 0.1) is 12.1 Å². The molecule has 0 atom stereocenters. The topological polar surface area (TPSA) is 0 Å². The average Bonchev–Trinajstić information content (AvgIpc) is 2.69. The first-order valence-electron chi connectivity index (χ1n) is 12.5. The Kier molecular flexibility index (Phi) is 20.8. The van der Waals surface area contributed by atoms with Crippen LogP contribution in [0.15, 0.2) is 36.4 Å². The monoisotopic (exact) mass is 806 g/mol. The van der Waals surface area contributed by atoms with Crippen LogP contribution >= 0.6 is 0 Å². The third-order valence-electron chi connectivity index (χ3n) is 4.95.